The lowest BCUT2D eigenvalue weighted by Crippen LogP contribution is -2.47. The normalized spacial score (nSPS) is 15.5. The number of carbonyl (C=O) groups is 2. The van der Waals surface area contributed by atoms with Crippen LogP contribution in [-0.4, -0.2) is 50.1 Å². The van der Waals surface area contributed by atoms with Crippen molar-refractivity contribution in [2.24, 2.45) is 5.41 Å². The van der Waals surface area contributed by atoms with Crippen LogP contribution in [0.3, 0.4) is 0 Å². The Bertz CT molecular complexity index is 621. The lowest BCUT2D eigenvalue weighted by atomic mass is 9.91. The number of ether oxygens (including phenoxy) is 2. The van der Waals surface area contributed by atoms with Gasteiger partial charge in [0.15, 0.2) is 0 Å². The summed E-state index contributed by atoms with van der Waals surface area (Å²) in [4.78, 5) is 26.9. The number of piperidine rings is 1. The number of hydrogen-bond donors (Lipinski definition) is 1. The zero-order valence-corrected chi connectivity index (χ0v) is 16.4. The van der Waals surface area contributed by atoms with Crippen molar-refractivity contribution in [1.29, 1.82) is 0 Å². The lowest BCUT2D eigenvalue weighted by molar-refractivity contribution is -0.123. The third kappa shape index (κ3) is 5.13. The molecule has 0 atom stereocenters. The van der Waals surface area contributed by atoms with E-state index in [1.807, 2.05) is 0 Å². The quantitative estimate of drug-likeness (QED) is 0.875. The molecule has 1 aliphatic heterocycles. The SMILES string of the molecule is COc1cccc(OC)c1C(=O)N1CCC(NC(=O)CC(C)(C)C)CC1. The average molecular weight is 362 g/mol. The molecule has 6 nitrogen and oxygen atoms in total. The molecule has 0 saturated carbocycles. The zero-order chi connectivity index (χ0) is 19.3. The molecule has 0 aromatic heterocycles. The van der Waals surface area contributed by atoms with Crippen LogP contribution in [0.4, 0.5) is 0 Å². The zero-order valence-electron chi connectivity index (χ0n) is 16.4. The summed E-state index contributed by atoms with van der Waals surface area (Å²) in [6, 6.07) is 5.43. The van der Waals surface area contributed by atoms with Gasteiger partial charge in [-0.2, -0.15) is 0 Å². The van der Waals surface area contributed by atoms with Gasteiger partial charge in [0.05, 0.1) is 14.2 Å². The summed E-state index contributed by atoms with van der Waals surface area (Å²) >= 11 is 0. The van der Waals surface area contributed by atoms with Gasteiger partial charge in [-0.25, -0.2) is 0 Å². The summed E-state index contributed by atoms with van der Waals surface area (Å²) < 4.78 is 10.7. The minimum Gasteiger partial charge on any atom is -0.496 e. The first kappa shape index (κ1) is 20.1. The number of nitrogens with one attached hydrogen (secondary N) is 1. The van der Waals surface area contributed by atoms with E-state index in [1.165, 1.54) is 0 Å². The highest BCUT2D eigenvalue weighted by Crippen LogP contribution is 2.30. The summed E-state index contributed by atoms with van der Waals surface area (Å²) in [5.41, 5.74) is 0.425. The second-order valence-corrected chi connectivity index (χ2v) is 7.91. The summed E-state index contributed by atoms with van der Waals surface area (Å²) in [5, 5.41) is 3.09. The molecule has 1 fully saturated rings. The number of likely N-dealkylation sites (tertiary alicyclic amines) is 1. The average Bonchev–Trinajstić information content (AvgIpc) is 2.59. The lowest BCUT2D eigenvalue weighted by Gasteiger charge is -2.33. The van der Waals surface area contributed by atoms with Crippen LogP contribution in [0.5, 0.6) is 11.5 Å². The molecule has 0 radical (unpaired) electrons. The third-order valence-corrected chi connectivity index (χ3v) is 4.48. The maximum atomic E-state index is 13.0. The van der Waals surface area contributed by atoms with Gasteiger partial charge in [-0.1, -0.05) is 26.8 Å². The van der Waals surface area contributed by atoms with E-state index in [0.717, 1.165) is 12.8 Å². The molecule has 1 aliphatic rings. The molecule has 0 bridgehead atoms. The molecule has 144 valence electrons. The molecule has 1 aromatic carbocycles. The molecule has 0 spiro atoms. The Hall–Kier alpha value is -2.24. The van der Waals surface area contributed by atoms with Gasteiger partial charge in [0.2, 0.25) is 5.91 Å². The Morgan fingerprint density at radius 1 is 1.12 bits per heavy atom. The molecule has 1 heterocycles. The molecule has 1 saturated heterocycles. The largest absolute Gasteiger partial charge is 0.496 e. The highest BCUT2D eigenvalue weighted by Gasteiger charge is 2.29. The van der Waals surface area contributed by atoms with Crippen LogP contribution in [0.15, 0.2) is 18.2 Å². The Morgan fingerprint density at radius 2 is 1.65 bits per heavy atom. The van der Waals surface area contributed by atoms with Gasteiger partial charge in [0, 0.05) is 25.6 Å². The highest BCUT2D eigenvalue weighted by atomic mass is 16.5. The maximum Gasteiger partial charge on any atom is 0.261 e. The molecule has 2 amide bonds. The molecule has 6 heteroatoms. The van der Waals surface area contributed by atoms with Crippen molar-refractivity contribution >= 4 is 11.8 Å². The number of nitrogens with zero attached hydrogens (tertiary/aromatic N) is 1. The van der Waals surface area contributed by atoms with Crippen molar-refractivity contribution in [3.05, 3.63) is 23.8 Å². The van der Waals surface area contributed by atoms with Gasteiger partial charge < -0.3 is 19.7 Å². The van der Waals surface area contributed by atoms with Crippen molar-refractivity contribution in [3.63, 3.8) is 0 Å². The first-order valence-corrected chi connectivity index (χ1v) is 9.05. The van der Waals surface area contributed by atoms with E-state index in [9.17, 15) is 9.59 Å². The number of benzene rings is 1. The molecule has 1 aromatic rings. The first-order valence-electron chi connectivity index (χ1n) is 9.05. The van der Waals surface area contributed by atoms with Crippen LogP contribution in [0.25, 0.3) is 0 Å². The van der Waals surface area contributed by atoms with E-state index in [0.29, 0.717) is 36.6 Å². The van der Waals surface area contributed by atoms with E-state index >= 15 is 0 Å². The molecular formula is C20H30N2O4. The summed E-state index contributed by atoms with van der Waals surface area (Å²) in [6.07, 6.45) is 2.00. The molecule has 0 aliphatic carbocycles. The van der Waals surface area contributed by atoms with Gasteiger partial charge in [-0.3, -0.25) is 9.59 Å². The van der Waals surface area contributed by atoms with Crippen molar-refractivity contribution in [2.75, 3.05) is 27.3 Å². The van der Waals surface area contributed by atoms with E-state index in [-0.39, 0.29) is 23.3 Å². The predicted octanol–water partition coefficient (Wildman–Crippen LogP) is 2.86. The number of rotatable bonds is 5. The van der Waals surface area contributed by atoms with E-state index in [4.69, 9.17) is 9.47 Å². The molecule has 1 N–H and O–H groups in total. The second kappa shape index (κ2) is 8.43. The van der Waals surface area contributed by atoms with E-state index in [2.05, 4.69) is 26.1 Å². The van der Waals surface area contributed by atoms with Gasteiger partial charge >= 0.3 is 0 Å². The predicted molar refractivity (Wildman–Crippen MR) is 101 cm³/mol. The Labute approximate surface area is 155 Å². The van der Waals surface area contributed by atoms with Crippen LogP contribution in [0.2, 0.25) is 0 Å². The Morgan fingerprint density at radius 3 is 2.12 bits per heavy atom. The first-order chi connectivity index (χ1) is 12.2. The van der Waals surface area contributed by atoms with Gasteiger partial charge in [0.1, 0.15) is 17.1 Å². The molecule has 0 unspecified atom stereocenters. The topological polar surface area (TPSA) is 67.9 Å². The molecule has 2 rings (SSSR count). The minimum absolute atomic E-state index is 0.0266. The second-order valence-electron chi connectivity index (χ2n) is 7.91. The van der Waals surface area contributed by atoms with Crippen molar-refractivity contribution in [3.8, 4) is 11.5 Å². The minimum atomic E-state index is -0.0984. The number of methoxy groups -OCH3 is 2. The third-order valence-electron chi connectivity index (χ3n) is 4.48. The summed E-state index contributed by atoms with van der Waals surface area (Å²) in [6.45, 7) is 7.35. The van der Waals surface area contributed by atoms with Crippen molar-refractivity contribution in [1.82, 2.24) is 10.2 Å². The van der Waals surface area contributed by atoms with Gasteiger partial charge in [0.25, 0.3) is 5.91 Å². The smallest absolute Gasteiger partial charge is 0.261 e. The monoisotopic (exact) mass is 362 g/mol. The number of amides is 2. The number of carbonyl (C=O) groups excluding carboxylic acids is 2. The Balaban J connectivity index is 1.98. The molecule has 26 heavy (non-hydrogen) atoms. The van der Waals surface area contributed by atoms with Crippen LogP contribution in [0, 0.1) is 5.41 Å². The summed E-state index contributed by atoms with van der Waals surface area (Å²) in [5.74, 6) is 0.998. The van der Waals surface area contributed by atoms with Crippen molar-refractivity contribution < 1.29 is 19.1 Å². The fourth-order valence-electron chi connectivity index (χ4n) is 3.21. The van der Waals surface area contributed by atoms with E-state index < -0.39 is 0 Å². The van der Waals surface area contributed by atoms with Crippen LogP contribution >= 0.6 is 0 Å². The van der Waals surface area contributed by atoms with E-state index in [1.54, 1.807) is 37.3 Å². The maximum absolute atomic E-state index is 13.0. The van der Waals surface area contributed by atoms with Crippen LogP contribution in [-0.2, 0) is 4.79 Å². The van der Waals surface area contributed by atoms with Crippen LogP contribution in [0.1, 0.15) is 50.4 Å². The van der Waals surface area contributed by atoms with Crippen molar-refractivity contribution in [2.45, 2.75) is 46.1 Å². The fourth-order valence-corrected chi connectivity index (χ4v) is 3.21. The van der Waals surface area contributed by atoms with Gasteiger partial charge in [-0.15, -0.1) is 0 Å². The fraction of sp³-hybridized carbons (Fsp3) is 0.600. The molecular weight excluding hydrogens is 332 g/mol. The van der Waals surface area contributed by atoms with Crippen LogP contribution < -0.4 is 14.8 Å². The highest BCUT2D eigenvalue weighted by molar-refractivity contribution is 5.99. The number of hydrogen-bond acceptors (Lipinski definition) is 4. The Kier molecular flexibility index (Phi) is 6.51. The van der Waals surface area contributed by atoms with Gasteiger partial charge in [-0.05, 0) is 30.4 Å². The standard InChI is InChI=1S/C20H30N2O4/c1-20(2,3)13-17(23)21-14-9-11-22(12-10-14)19(24)18-15(25-4)7-6-8-16(18)26-5/h6-8,14H,9-13H2,1-5H3,(H,21,23). The summed E-state index contributed by atoms with van der Waals surface area (Å²) in [7, 11) is 3.09.